The monoisotopic (exact) mass is 286 g/mol. The van der Waals surface area contributed by atoms with Crippen molar-refractivity contribution in [2.75, 3.05) is 19.7 Å². The summed E-state index contributed by atoms with van der Waals surface area (Å²) >= 11 is 0. The first kappa shape index (κ1) is 15.6. The molecule has 0 spiro atoms. The number of benzene rings is 1. The molecule has 3 N–H and O–H groups in total. The van der Waals surface area contributed by atoms with Crippen LogP contribution in [-0.4, -0.2) is 31.7 Å². The Kier molecular flexibility index (Phi) is 5.79. The van der Waals surface area contributed by atoms with Gasteiger partial charge in [-0.15, -0.1) is 0 Å². The average Bonchev–Trinajstić information content (AvgIpc) is 2.52. The molecule has 1 aliphatic heterocycles. The first-order valence-electron chi connectivity index (χ1n) is 7.40. The van der Waals surface area contributed by atoms with Crippen molar-refractivity contribution in [2.24, 2.45) is 5.73 Å². The average molecular weight is 286 g/mol. The van der Waals surface area contributed by atoms with Gasteiger partial charge in [0.15, 0.2) is 0 Å². The number of nitrogens with two attached hydrogens (primary N) is 1. The van der Waals surface area contributed by atoms with Crippen LogP contribution in [0.2, 0.25) is 0 Å². The second-order valence-corrected chi connectivity index (χ2v) is 5.23. The van der Waals surface area contributed by atoms with E-state index in [0.717, 1.165) is 30.6 Å². The van der Waals surface area contributed by atoms with Gasteiger partial charge in [0, 0.05) is 24.3 Å². The van der Waals surface area contributed by atoms with Crippen LogP contribution in [0, 0.1) is 18.8 Å². The Bertz CT molecular complexity index is 552. The predicted molar refractivity (Wildman–Crippen MR) is 83.0 cm³/mol. The zero-order valence-electron chi connectivity index (χ0n) is 12.4. The van der Waals surface area contributed by atoms with Gasteiger partial charge in [-0.2, -0.15) is 0 Å². The minimum absolute atomic E-state index is 0.0643. The van der Waals surface area contributed by atoms with Gasteiger partial charge < -0.3 is 15.8 Å². The molecule has 1 fully saturated rings. The number of ether oxygens (including phenoxy) is 1. The number of rotatable bonds is 3. The first-order valence-corrected chi connectivity index (χ1v) is 7.40. The molecule has 1 heterocycles. The maximum atomic E-state index is 12.1. The van der Waals surface area contributed by atoms with Gasteiger partial charge in [0.1, 0.15) is 0 Å². The normalized spacial score (nSPS) is 17.7. The number of amides is 1. The zero-order valence-corrected chi connectivity index (χ0v) is 12.4. The molecule has 0 aliphatic carbocycles. The van der Waals surface area contributed by atoms with E-state index < -0.39 is 0 Å². The molecule has 1 saturated heterocycles. The number of hydrogen-bond donors (Lipinski definition) is 2. The third-order valence-electron chi connectivity index (χ3n) is 3.58. The van der Waals surface area contributed by atoms with Crippen LogP contribution >= 0.6 is 0 Å². The van der Waals surface area contributed by atoms with E-state index in [1.54, 1.807) is 6.07 Å². The Morgan fingerprint density at radius 2 is 2.33 bits per heavy atom. The van der Waals surface area contributed by atoms with E-state index in [2.05, 4.69) is 17.2 Å². The van der Waals surface area contributed by atoms with Crippen LogP contribution in [0.25, 0.3) is 0 Å². The van der Waals surface area contributed by atoms with Crippen LogP contribution in [0.5, 0.6) is 0 Å². The second-order valence-electron chi connectivity index (χ2n) is 5.23. The van der Waals surface area contributed by atoms with Gasteiger partial charge in [-0.1, -0.05) is 11.8 Å². The fourth-order valence-corrected chi connectivity index (χ4v) is 2.37. The third-order valence-corrected chi connectivity index (χ3v) is 3.58. The third kappa shape index (κ3) is 4.59. The van der Waals surface area contributed by atoms with Crippen LogP contribution in [0.4, 0.5) is 0 Å². The summed E-state index contributed by atoms with van der Waals surface area (Å²) in [7, 11) is 0. The molecule has 2 rings (SSSR count). The zero-order chi connectivity index (χ0) is 15.1. The van der Waals surface area contributed by atoms with E-state index >= 15 is 0 Å². The van der Waals surface area contributed by atoms with Crippen molar-refractivity contribution in [3.05, 3.63) is 34.9 Å². The van der Waals surface area contributed by atoms with Gasteiger partial charge in [0.05, 0.1) is 12.6 Å². The Morgan fingerprint density at radius 1 is 1.48 bits per heavy atom. The summed E-state index contributed by atoms with van der Waals surface area (Å²) < 4.78 is 5.61. The Labute approximate surface area is 126 Å². The number of aryl methyl sites for hydroxylation is 1. The summed E-state index contributed by atoms with van der Waals surface area (Å²) in [6.07, 6.45) is 3.47. The molecule has 4 nitrogen and oxygen atoms in total. The molecule has 1 unspecified atom stereocenters. The number of carbonyl (C=O) groups excluding carboxylic acids is 1. The molecule has 112 valence electrons. The number of nitrogens with one attached hydrogen (secondary N) is 1. The van der Waals surface area contributed by atoms with E-state index in [4.69, 9.17) is 10.5 Å². The smallest absolute Gasteiger partial charge is 0.251 e. The van der Waals surface area contributed by atoms with Gasteiger partial charge >= 0.3 is 0 Å². The lowest BCUT2D eigenvalue weighted by atomic mass is 10.0. The highest BCUT2D eigenvalue weighted by molar-refractivity contribution is 5.94. The largest absolute Gasteiger partial charge is 0.376 e. The fraction of sp³-hybridized carbons (Fsp3) is 0.471. The molecule has 1 atom stereocenters. The Balaban J connectivity index is 1.94. The van der Waals surface area contributed by atoms with Crippen molar-refractivity contribution >= 4 is 5.91 Å². The highest BCUT2D eigenvalue weighted by Gasteiger charge is 2.15. The van der Waals surface area contributed by atoms with Gasteiger partial charge in [-0.05, 0) is 49.9 Å². The van der Waals surface area contributed by atoms with Crippen LogP contribution < -0.4 is 11.1 Å². The van der Waals surface area contributed by atoms with Gasteiger partial charge in [0.2, 0.25) is 0 Å². The summed E-state index contributed by atoms with van der Waals surface area (Å²) in [5.74, 6) is 5.75. The van der Waals surface area contributed by atoms with Gasteiger partial charge in [0.25, 0.3) is 5.91 Å². The lowest BCUT2D eigenvalue weighted by Crippen LogP contribution is -2.35. The molecule has 0 radical (unpaired) electrons. The summed E-state index contributed by atoms with van der Waals surface area (Å²) in [5, 5.41) is 2.94. The van der Waals surface area contributed by atoms with Crippen molar-refractivity contribution in [2.45, 2.75) is 32.3 Å². The molecule has 0 aromatic heterocycles. The van der Waals surface area contributed by atoms with Gasteiger partial charge in [-0.25, -0.2) is 0 Å². The standard InChI is InChI=1S/C17H22N2O2/c1-13-11-15(8-7-14(13)5-4-9-18)17(20)19-12-16-6-2-3-10-21-16/h7-8,11,16H,2-3,6,9-10,12,18H2,1H3,(H,19,20). The van der Waals surface area contributed by atoms with Crippen LogP contribution in [0.1, 0.15) is 40.7 Å². The highest BCUT2D eigenvalue weighted by Crippen LogP contribution is 2.13. The molecule has 0 saturated carbocycles. The van der Waals surface area contributed by atoms with E-state index in [9.17, 15) is 4.79 Å². The summed E-state index contributed by atoms with van der Waals surface area (Å²) in [6.45, 7) is 3.66. The van der Waals surface area contributed by atoms with Gasteiger partial charge in [-0.3, -0.25) is 4.79 Å². The van der Waals surface area contributed by atoms with Crippen LogP contribution in [-0.2, 0) is 4.74 Å². The summed E-state index contributed by atoms with van der Waals surface area (Å²) in [5.41, 5.74) is 7.91. The van der Waals surface area contributed by atoms with Crippen molar-refractivity contribution in [3.63, 3.8) is 0 Å². The summed E-state index contributed by atoms with van der Waals surface area (Å²) in [6, 6.07) is 5.52. The van der Waals surface area contributed by atoms with Crippen molar-refractivity contribution < 1.29 is 9.53 Å². The molecule has 0 bridgehead atoms. The van der Waals surface area contributed by atoms with Crippen LogP contribution in [0.3, 0.4) is 0 Å². The molecular formula is C17H22N2O2. The number of hydrogen-bond acceptors (Lipinski definition) is 3. The predicted octanol–water partition coefficient (Wildman–Crippen LogP) is 1.60. The first-order chi connectivity index (χ1) is 10.2. The second kappa shape index (κ2) is 7.82. The molecular weight excluding hydrogens is 264 g/mol. The molecule has 4 heteroatoms. The van der Waals surface area contributed by atoms with Crippen LogP contribution in [0.15, 0.2) is 18.2 Å². The Morgan fingerprint density at radius 3 is 3.00 bits per heavy atom. The van der Waals surface area contributed by atoms with Crippen molar-refractivity contribution in [3.8, 4) is 11.8 Å². The van der Waals surface area contributed by atoms with Crippen molar-refractivity contribution in [1.29, 1.82) is 0 Å². The molecule has 1 aliphatic rings. The molecule has 1 aromatic rings. The van der Waals surface area contributed by atoms with E-state index in [-0.39, 0.29) is 12.0 Å². The van der Waals surface area contributed by atoms with E-state index in [1.807, 2.05) is 19.1 Å². The maximum absolute atomic E-state index is 12.1. The highest BCUT2D eigenvalue weighted by atomic mass is 16.5. The summed E-state index contributed by atoms with van der Waals surface area (Å²) in [4.78, 5) is 12.1. The lowest BCUT2D eigenvalue weighted by Gasteiger charge is -2.22. The maximum Gasteiger partial charge on any atom is 0.251 e. The Hall–Kier alpha value is -1.83. The van der Waals surface area contributed by atoms with E-state index in [1.165, 1.54) is 6.42 Å². The minimum atomic E-state index is -0.0643. The minimum Gasteiger partial charge on any atom is -0.376 e. The van der Waals surface area contributed by atoms with Crippen molar-refractivity contribution in [1.82, 2.24) is 5.32 Å². The topological polar surface area (TPSA) is 64.3 Å². The molecule has 1 amide bonds. The molecule has 1 aromatic carbocycles. The van der Waals surface area contributed by atoms with E-state index in [0.29, 0.717) is 18.7 Å². The number of carbonyl (C=O) groups is 1. The SMILES string of the molecule is Cc1cc(C(=O)NCC2CCCCO2)ccc1C#CCN. The molecule has 21 heavy (non-hydrogen) atoms. The lowest BCUT2D eigenvalue weighted by molar-refractivity contribution is 0.0169. The quantitative estimate of drug-likeness (QED) is 0.830. The fourth-order valence-electron chi connectivity index (χ4n) is 2.37.